The van der Waals surface area contributed by atoms with E-state index in [-0.39, 0.29) is 0 Å². The van der Waals surface area contributed by atoms with Crippen LogP contribution in [0.5, 0.6) is 5.75 Å². The number of halogens is 3. The van der Waals surface area contributed by atoms with E-state index in [0.717, 1.165) is 0 Å². The van der Waals surface area contributed by atoms with E-state index in [1.54, 1.807) is 72.8 Å². The van der Waals surface area contributed by atoms with Crippen molar-refractivity contribution in [2.75, 3.05) is 13.7 Å². The molecule has 0 radical (unpaired) electrons. The molecule has 0 aliphatic heterocycles. The van der Waals surface area contributed by atoms with Gasteiger partial charge in [0.05, 0.1) is 7.11 Å². The first-order valence-corrected chi connectivity index (χ1v) is 8.42. The van der Waals surface area contributed by atoms with E-state index in [0.29, 0.717) is 22.4 Å². The summed E-state index contributed by atoms with van der Waals surface area (Å²) in [6.07, 6.45) is -4.46. The Morgan fingerprint density at radius 2 is 1.11 bits per heavy atom. The first kappa shape index (κ1) is 19.0. The molecule has 0 saturated heterocycles. The number of alkyl halides is 3. The molecule has 3 rings (SSSR count). The molecule has 5 heteroatoms. The molecule has 140 valence electrons. The van der Waals surface area contributed by atoms with Crippen LogP contribution in [0.15, 0.2) is 84.9 Å². The lowest BCUT2D eigenvalue weighted by molar-refractivity contribution is -0.194. The van der Waals surface area contributed by atoms with E-state index in [1.165, 1.54) is 7.11 Å². The van der Waals surface area contributed by atoms with Crippen molar-refractivity contribution < 1.29 is 22.6 Å². The maximum absolute atomic E-state index is 13.1. The average molecular weight is 372 g/mol. The van der Waals surface area contributed by atoms with Gasteiger partial charge in [0.15, 0.2) is 0 Å². The third-order valence-corrected chi connectivity index (χ3v) is 4.31. The topological polar surface area (TPSA) is 18.5 Å². The zero-order valence-corrected chi connectivity index (χ0v) is 14.7. The highest BCUT2D eigenvalue weighted by Gasteiger charge is 2.41. The molecule has 0 aliphatic carbocycles. The lowest BCUT2D eigenvalue weighted by Crippen LogP contribution is -2.36. The minimum absolute atomic E-state index is 0.588. The summed E-state index contributed by atoms with van der Waals surface area (Å²) in [6, 6.07) is 24.8. The fourth-order valence-corrected chi connectivity index (χ4v) is 3.11. The molecular formula is C22H19F3O2. The fourth-order valence-electron chi connectivity index (χ4n) is 3.11. The van der Waals surface area contributed by atoms with Crippen LogP contribution in [-0.2, 0) is 10.3 Å². The van der Waals surface area contributed by atoms with E-state index < -0.39 is 18.4 Å². The lowest BCUT2D eigenvalue weighted by Gasteiger charge is -2.36. The van der Waals surface area contributed by atoms with Crippen LogP contribution >= 0.6 is 0 Å². The second-order valence-corrected chi connectivity index (χ2v) is 6.05. The van der Waals surface area contributed by atoms with Gasteiger partial charge in [0.2, 0.25) is 0 Å². The molecule has 0 aliphatic rings. The number of benzene rings is 3. The van der Waals surface area contributed by atoms with Crippen molar-refractivity contribution in [3.8, 4) is 5.75 Å². The quantitative estimate of drug-likeness (QED) is 0.527. The number of methoxy groups -OCH3 is 1. The predicted octanol–water partition coefficient (Wildman–Crippen LogP) is 5.57. The molecule has 27 heavy (non-hydrogen) atoms. The molecule has 0 fully saturated rings. The van der Waals surface area contributed by atoms with Crippen LogP contribution in [0, 0.1) is 0 Å². The predicted molar refractivity (Wildman–Crippen MR) is 97.8 cm³/mol. The molecule has 0 bridgehead atoms. The van der Waals surface area contributed by atoms with Crippen molar-refractivity contribution >= 4 is 0 Å². The Morgan fingerprint density at radius 1 is 0.667 bits per heavy atom. The van der Waals surface area contributed by atoms with Gasteiger partial charge in [-0.05, 0) is 28.8 Å². The van der Waals surface area contributed by atoms with Crippen LogP contribution in [0.25, 0.3) is 0 Å². The standard InChI is InChI=1S/C22H19F3O2/c1-26-20-14-12-19(13-15-20)22(27-16-21(23,24)25,17-8-4-2-5-9-17)18-10-6-3-7-11-18/h2-15H,16H2,1H3. The number of rotatable bonds is 6. The van der Waals surface area contributed by atoms with Crippen molar-refractivity contribution in [1.29, 1.82) is 0 Å². The minimum atomic E-state index is -4.46. The molecule has 0 aromatic heterocycles. The molecule has 0 atom stereocenters. The van der Waals surface area contributed by atoms with Gasteiger partial charge in [-0.3, -0.25) is 0 Å². The first-order chi connectivity index (χ1) is 13.0. The summed E-state index contributed by atoms with van der Waals surface area (Å²) in [5.41, 5.74) is 0.422. The summed E-state index contributed by atoms with van der Waals surface area (Å²) in [6.45, 7) is -1.37. The largest absolute Gasteiger partial charge is 0.497 e. The summed E-state index contributed by atoms with van der Waals surface area (Å²) in [5.74, 6) is 0.615. The number of ether oxygens (including phenoxy) is 2. The van der Waals surface area contributed by atoms with E-state index in [9.17, 15) is 13.2 Å². The van der Waals surface area contributed by atoms with Crippen molar-refractivity contribution in [1.82, 2.24) is 0 Å². The summed E-state index contributed by atoms with van der Waals surface area (Å²) in [7, 11) is 1.54. The van der Waals surface area contributed by atoms with Gasteiger partial charge in [0, 0.05) is 0 Å². The number of hydrogen-bond donors (Lipinski definition) is 0. The van der Waals surface area contributed by atoms with Crippen molar-refractivity contribution in [3.63, 3.8) is 0 Å². The van der Waals surface area contributed by atoms with Crippen LogP contribution in [0.4, 0.5) is 13.2 Å². The van der Waals surface area contributed by atoms with Gasteiger partial charge in [-0.25, -0.2) is 0 Å². The third kappa shape index (κ3) is 4.14. The minimum Gasteiger partial charge on any atom is -0.497 e. The Kier molecular flexibility index (Phi) is 5.51. The van der Waals surface area contributed by atoms with Gasteiger partial charge >= 0.3 is 6.18 Å². The smallest absolute Gasteiger partial charge is 0.411 e. The molecule has 0 amide bonds. The average Bonchev–Trinajstić information content (AvgIpc) is 2.70. The third-order valence-electron chi connectivity index (χ3n) is 4.31. The van der Waals surface area contributed by atoms with Gasteiger partial charge in [-0.1, -0.05) is 72.8 Å². The maximum Gasteiger partial charge on any atom is 0.411 e. The number of hydrogen-bond acceptors (Lipinski definition) is 2. The Balaban J connectivity index is 2.23. The SMILES string of the molecule is COc1ccc(C(OCC(F)(F)F)(c2ccccc2)c2ccccc2)cc1. The van der Waals surface area contributed by atoms with Crippen molar-refractivity contribution in [2.24, 2.45) is 0 Å². The molecule has 3 aromatic carbocycles. The molecule has 0 N–H and O–H groups in total. The molecule has 0 unspecified atom stereocenters. The highest BCUT2D eigenvalue weighted by molar-refractivity contribution is 5.48. The van der Waals surface area contributed by atoms with Gasteiger partial charge in [0.25, 0.3) is 0 Å². The first-order valence-electron chi connectivity index (χ1n) is 8.42. The zero-order valence-electron chi connectivity index (χ0n) is 14.7. The monoisotopic (exact) mass is 372 g/mol. The maximum atomic E-state index is 13.1. The Morgan fingerprint density at radius 3 is 1.52 bits per heavy atom. The van der Waals surface area contributed by atoms with E-state index in [4.69, 9.17) is 9.47 Å². The van der Waals surface area contributed by atoms with Gasteiger partial charge in [-0.2, -0.15) is 13.2 Å². The van der Waals surface area contributed by atoms with Crippen molar-refractivity contribution in [2.45, 2.75) is 11.8 Å². The van der Waals surface area contributed by atoms with Gasteiger partial charge < -0.3 is 9.47 Å². The normalized spacial score (nSPS) is 12.0. The molecule has 3 aromatic rings. The molecule has 2 nitrogen and oxygen atoms in total. The summed E-state index contributed by atoms with van der Waals surface area (Å²) < 4.78 is 50.2. The Labute approximate surface area is 156 Å². The highest BCUT2D eigenvalue weighted by Crippen LogP contribution is 2.42. The van der Waals surface area contributed by atoms with Crippen LogP contribution in [0.1, 0.15) is 16.7 Å². The van der Waals surface area contributed by atoms with Crippen LogP contribution in [0.2, 0.25) is 0 Å². The van der Waals surface area contributed by atoms with Crippen LogP contribution in [-0.4, -0.2) is 19.9 Å². The van der Waals surface area contributed by atoms with Gasteiger partial charge in [-0.15, -0.1) is 0 Å². The van der Waals surface area contributed by atoms with E-state index >= 15 is 0 Å². The lowest BCUT2D eigenvalue weighted by atomic mass is 9.80. The van der Waals surface area contributed by atoms with Gasteiger partial charge in [0.1, 0.15) is 18.0 Å². The van der Waals surface area contributed by atoms with E-state index in [1.807, 2.05) is 12.1 Å². The summed E-state index contributed by atoms with van der Waals surface area (Å²) in [4.78, 5) is 0. The molecular weight excluding hydrogens is 353 g/mol. The van der Waals surface area contributed by atoms with E-state index in [2.05, 4.69) is 0 Å². The van der Waals surface area contributed by atoms with Crippen LogP contribution in [0.3, 0.4) is 0 Å². The summed E-state index contributed by atoms with van der Waals surface area (Å²) >= 11 is 0. The Hall–Kier alpha value is -2.79. The molecule has 0 heterocycles. The molecule has 0 saturated carbocycles. The Bertz CT molecular complexity index is 805. The second-order valence-electron chi connectivity index (χ2n) is 6.05. The van der Waals surface area contributed by atoms with Crippen LogP contribution < -0.4 is 4.74 Å². The second kappa shape index (κ2) is 7.84. The fraction of sp³-hybridized carbons (Fsp3) is 0.182. The zero-order chi connectivity index (χ0) is 19.3. The van der Waals surface area contributed by atoms with Crippen molar-refractivity contribution in [3.05, 3.63) is 102 Å². The molecule has 0 spiro atoms. The highest BCUT2D eigenvalue weighted by atomic mass is 19.4. The summed E-state index contributed by atoms with van der Waals surface area (Å²) in [5, 5.41) is 0.